The molecule has 2 aromatic rings. The minimum absolute atomic E-state index is 0.00298. The number of hydrogen-bond acceptors (Lipinski definition) is 8. The van der Waals surface area contributed by atoms with Crippen molar-refractivity contribution in [3.05, 3.63) is 83.6 Å². The molecule has 0 fully saturated rings. The lowest BCUT2D eigenvalue weighted by Crippen LogP contribution is -2.47. The summed E-state index contributed by atoms with van der Waals surface area (Å²) in [5.41, 5.74) is 12.4. The SMILES string of the molecule is CCN(C=O)C(=O)NC(=Nc1ccc(O/C(N)=C/C=C(\N)C=O)cc1)N(C)Cc1ccc(F)cc1.CO. The fraction of sp³-hybridized carbons (Fsp3) is 0.200. The van der Waals surface area contributed by atoms with Gasteiger partial charge in [-0.05, 0) is 55.0 Å². The van der Waals surface area contributed by atoms with Crippen molar-refractivity contribution in [3.8, 4) is 5.75 Å². The highest BCUT2D eigenvalue weighted by atomic mass is 19.1. The van der Waals surface area contributed by atoms with Crippen molar-refractivity contribution in [3.63, 3.8) is 0 Å². The van der Waals surface area contributed by atoms with Crippen molar-refractivity contribution in [2.75, 3.05) is 20.7 Å². The number of nitrogens with one attached hydrogen (secondary N) is 1. The van der Waals surface area contributed by atoms with E-state index in [0.29, 0.717) is 30.7 Å². The number of ether oxygens (including phenoxy) is 1. The van der Waals surface area contributed by atoms with Gasteiger partial charge in [0.15, 0.2) is 12.2 Å². The number of aliphatic hydroxyl groups excluding tert-OH is 1. The Kier molecular flexibility index (Phi) is 13.2. The number of allylic oxidation sites excluding steroid dienone is 3. The summed E-state index contributed by atoms with van der Waals surface area (Å²) >= 11 is 0. The number of aliphatic imine (C=N–C) groups is 1. The molecule has 0 aromatic heterocycles. The minimum atomic E-state index is -0.646. The van der Waals surface area contributed by atoms with Gasteiger partial charge in [-0.25, -0.2) is 14.2 Å². The summed E-state index contributed by atoms with van der Waals surface area (Å²) in [7, 11) is 2.70. The Bertz CT molecular complexity index is 1120. The van der Waals surface area contributed by atoms with Crippen LogP contribution >= 0.6 is 0 Å². The van der Waals surface area contributed by atoms with Gasteiger partial charge in [0.25, 0.3) is 0 Å². The molecule has 198 valence electrons. The molecule has 0 atom stereocenters. The lowest BCUT2D eigenvalue weighted by molar-refractivity contribution is -0.115. The number of amides is 3. The highest BCUT2D eigenvalue weighted by molar-refractivity contribution is 6.00. The van der Waals surface area contributed by atoms with E-state index >= 15 is 0 Å². The van der Waals surface area contributed by atoms with Gasteiger partial charge in [0, 0.05) is 33.3 Å². The van der Waals surface area contributed by atoms with E-state index in [1.54, 1.807) is 55.3 Å². The molecule has 0 aliphatic rings. The number of benzene rings is 2. The molecule has 3 amide bonds. The van der Waals surface area contributed by atoms with E-state index in [1.165, 1.54) is 24.3 Å². The normalized spacial score (nSPS) is 11.5. The van der Waals surface area contributed by atoms with Gasteiger partial charge in [0.1, 0.15) is 11.6 Å². The summed E-state index contributed by atoms with van der Waals surface area (Å²) in [5, 5.41) is 9.63. The summed E-state index contributed by atoms with van der Waals surface area (Å²) in [5.74, 6) is 0.233. The van der Waals surface area contributed by atoms with Crippen molar-refractivity contribution in [1.29, 1.82) is 0 Å². The monoisotopic (exact) mass is 514 g/mol. The molecule has 0 aliphatic carbocycles. The van der Waals surface area contributed by atoms with Gasteiger partial charge in [-0.3, -0.25) is 19.8 Å². The van der Waals surface area contributed by atoms with Gasteiger partial charge < -0.3 is 26.2 Å². The molecule has 0 spiro atoms. The molecule has 6 N–H and O–H groups in total. The van der Waals surface area contributed by atoms with E-state index in [1.807, 2.05) is 0 Å². The van der Waals surface area contributed by atoms with Crippen LogP contribution in [0.1, 0.15) is 12.5 Å². The Morgan fingerprint density at radius 1 is 1.08 bits per heavy atom. The van der Waals surface area contributed by atoms with Crippen molar-refractivity contribution >= 4 is 30.4 Å². The number of imide groups is 1. The topological polar surface area (TPSA) is 164 Å². The average molecular weight is 515 g/mol. The zero-order valence-electron chi connectivity index (χ0n) is 20.8. The molecule has 11 nitrogen and oxygen atoms in total. The van der Waals surface area contributed by atoms with Gasteiger partial charge >= 0.3 is 6.03 Å². The number of carbonyl (C=O) groups is 3. The number of nitrogens with zero attached hydrogens (tertiary/aromatic N) is 3. The fourth-order valence-corrected chi connectivity index (χ4v) is 2.68. The minimum Gasteiger partial charge on any atom is -0.442 e. The van der Waals surface area contributed by atoms with Crippen molar-refractivity contribution < 1.29 is 28.6 Å². The van der Waals surface area contributed by atoms with E-state index in [4.69, 9.17) is 21.3 Å². The van der Waals surface area contributed by atoms with Crippen LogP contribution < -0.4 is 21.5 Å². The second-order valence-corrected chi connectivity index (χ2v) is 7.19. The van der Waals surface area contributed by atoms with Gasteiger partial charge in [-0.1, -0.05) is 12.1 Å². The highest BCUT2D eigenvalue weighted by Crippen LogP contribution is 2.20. The van der Waals surface area contributed by atoms with Crippen LogP contribution in [0.2, 0.25) is 0 Å². The zero-order valence-corrected chi connectivity index (χ0v) is 20.8. The Morgan fingerprint density at radius 3 is 2.24 bits per heavy atom. The maximum Gasteiger partial charge on any atom is 0.330 e. The molecular formula is C25H31FN6O5. The van der Waals surface area contributed by atoms with Crippen LogP contribution in [0.15, 0.2) is 77.3 Å². The summed E-state index contributed by atoms with van der Waals surface area (Å²) in [6.07, 6.45) is 3.57. The molecule has 12 heteroatoms. The Hall–Kier alpha value is -4.71. The van der Waals surface area contributed by atoms with Crippen LogP contribution in [0.5, 0.6) is 5.75 Å². The Balaban J connectivity index is 0.00000334. The average Bonchev–Trinajstić information content (AvgIpc) is 2.91. The molecule has 0 bridgehead atoms. The molecule has 2 rings (SSSR count). The van der Waals surface area contributed by atoms with Crippen LogP contribution in [-0.4, -0.2) is 60.3 Å². The largest absolute Gasteiger partial charge is 0.442 e. The Labute approximate surface area is 214 Å². The maximum atomic E-state index is 13.2. The second-order valence-electron chi connectivity index (χ2n) is 7.19. The van der Waals surface area contributed by atoms with Crippen LogP contribution in [0.4, 0.5) is 14.9 Å². The number of urea groups is 1. The highest BCUT2D eigenvalue weighted by Gasteiger charge is 2.16. The molecule has 0 unspecified atom stereocenters. The number of halogens is 1. The predicted molar refractivity (Wildman–Crippen MR) is 138 cm³/mol. The molecular weight excluding hydrogens is 483 g/mol. The summed E-state index contributed by atoms with van der Waals surface area (Å²) < 4.78 is 18.7. The first-order chi connectivity index (χ1) is 17.7. The number of rotatable bonds is 9. The number of aldehydes is 1. The third-order valence-corrected chi connectivity index (χ3v) is 4.53. The smallest absolute Gasteiger partial charge is 0.330 e. The van der Waals surface area contributed by atoms with Crippen molar-refractivity contribution in [2.24, 2.45) is 16.5 Å². The zero-order chi connectivity index (χ0) is 27.8. The van der Waals surface area contributed by atoms with Gasteiger partial charge in [0.05, 0.1) is 11.4 Å². The van der Waals surface area contributed by atoms with E-state index in [9.17, 15) is 18.8 Å². The number of hydrogen-bond donors (Lipinski definition) is 4. The predicted octanol–water partition coefficient (Wildman–Crippen LogP) is 1.96. The number of aliphatic hydroxyl groups is 1. The first-order valence-corrected chi connectivity index (χ1v) is 10.9. The Morgan fingerprint density at radius 2 is 1.70 bits per heavy atom. The molecule has 0 aliphatic heterocycles. The van der Waals surface area contributed by atoms with E-state index in [-0.39, 0.29) is 29.9 Å². The van der Waals surface area contributed by atoms with Gasteiger partial charge in [-0.2, -0.15) is 0 Å². The number of nitrogens with two attached hydrogens (primary N) is 2. The molecule has 0 radical (unpaired) electrons. The second kappa shape index (κ2) is 16.1. The van der Waals surface area contributed by atoms with Gasteiger partial charge in [0.2, 0.25) is 12.4 Å². The molecule has 2 aromatic carbocycles. The first kappa shape index (κ1) is 30.3. The quantitative estimate of drug-likeness (QED) is 0.0985. The first-order valence-electron chi connectivity index (χ1n) is 10.9. The summed E-state index contributed by atoms with van der Waals surface area (Å²) in [6.45, 7) is 2.15. The third-order valence-electron chi connectivity index (χ3n) is 4.53. The van der Waals surface area contributed by atoms with Gasteiger partial charge in [-0.15, -0.1) is 0 Å². The molecule has 0 heterocycles. The summed E-state index contributed by atoms with van der Waals surface area (Å²) in [6, 6.07) is 11.8. The van der Waals surface area contributed by atoms with Crippen molar-refractivity contribution in [1.82, 2.24) is 15.1 Å². The van der Waals surface area contributed by atoms with Crippen LogP contribution in [0, 0.1) is 5.82 Å². The third kappa shape index (κ3) is 10.6. The molecule has 37 heavy (non-hydrogen) atoms. The molecule has 0 saturated heterocycles. The fourth-order valence-electron chi connectivity index (χ4n) is 2.68. The number of guanidine groups is 1. The van der Waals surface area contributed by atoms with Crippen molar-refractivity contribution in [2.45, 2.75) is 13.5 Å². The number of carbonyl (C=O) groups excluding carboxylic acids is 3. The lowest BCUT2D eigenvalue weighted by atomic mass is 10.2. The standard InChI is InChI=1S/C24H27FN6O4.CH4O/c1-3-31(16-33)24(34)29-23(30(2)14-17-4-6-18(25)7-5-17)28-20-9-11-21(12-10-20)35-22(27)13-8-19(26)15-32;1-2/h4-13,15-16H,3,14,26-27H2,1-2H3,(H,28,29,34);2H,1H3/b19-8-,22-13+;. The van der Waals surface area contributed by atoms with E-state index < -0.39 is 6.03 Å². The summed E-state index contributed by atoms with van der Waals surface area (Å²) in [4.78, 5) is 41.2. The van der Waals surface area contributed by atoms with Crippen LogP contribution in [0.25, 0.3) is 0 Å². The van der Waals surface area contributed by atoms with E-state index in [0.717, 1.165) is 17.6 Å². The molecule has 0 saturated carbocycles. The van der Waals surface area contributed by atoms with Crippen LogP contribution in [-0.2, 0) is 16.1 Å². The maximum absolute atomic E-state index is 13.2. The van der Waals surface area contributed by atoms with E-state index in [2.05, 4.69) is 10.3 Å². The lowest BCUT2D eigenvalue weighted by Gasteiger charge is -2.23. The van der Waals surface area contributed by atoms with Crippen LogP contribution in [0.3, 0.4) is 0 Å².